The summed E-state index contributed by atoms with van der Waals surface area (Å²) in [5.41, 5.74) is 0.793. The van der Waals surface area contributed by atoms with Gasteiger partial charge < -0.3 is 5.32 Å². The molecule has 0 atom stereocenters. The van der Waals surface area contributed by atoms with E-state index in [9.17, 15) is 4.79 Å². The van der Waals surface area contributed by atoms with Crippen molar-refractivity contribution in [2.24, 2.45) is 0 Å². The second kappa shape index (κ2) is 6.82. The first kappa shape index (κ1) is 12.5. The molecule has 1 rings (SSSR count). The molecule has 1 aromatic rings. The van der Waals surface area contributed by atoms with Gasteiger partial charge >= 0.3 is 0 Å². The second-order valence-electron chi connectivity index (χ2n) is 3.67. The van der Waals surface area contributed by atoms with E-state index >= 15 is 0 Å². The smallest absolute Gasteiger partial charge is 0.246 e. The molecule has 1 heterocycles. The molecule has 0 saturated heterocycles. The normalized spacial score (nSPS) is 11.5. The molecule has 4 heteroatoms. The third-order valence-corrected chi connectivity index (χ3v) is 2.28. The highest BCUT2D eigenvalue weighted by Crippen LogP contribution is 1.95. The molecular weight excluding hydrogens is 202 g/mol. The molecule has 0 bridgehead atoms. The van der Waals surface area contributed by atoms with Gasteiger partial charge in [0.05, 0.1) is 0 Å². The van der Waals surface area contributed by atoms with Crippen LogP contribution in [0, 0.1) is 0 Å². The molecule has 0 radical (unpaired) electrons. The number of hydrogen-bond donors (Lipinski definition) is 1. The SMILES string of the molecule is CCC=C(C)C(=O)NCCCn1cccn1. The summed E-state index contributed by atoms with van der Waals surface area (Å²) in [5.74, 6) is 0.0299. The van der Waals surface area contributed by atoms with Crippen LogP contribution in [0.3, 0.4) is 0 Å². The topological polar surface area (TPSA) is 46.9 Å². The Morgan fingerprint density at radius 3 is 3.00 bits per heavy atom. The van der Waals surface area contributed by atoms with E-state index < -0.39 is 0 Å². The van der Waals surface area contributed by atoms with Crippen molar-refractivity contribution in [2.75, 3.05) is 6.54 Å². The Bertz CT molecular complexity index is 341. The zero-order valence-electron chi connectivity index (χ0n) is 9.94. The minimum absolute atomic E-state index is 0.0299. The predicted molar refractivity (Wildman–Crippen MR) is 63.9 cm³/mol. The van der Waals surface area contributed by atoms with Gasteiger partial charge in [-0.2, -0.15) is 5.10 Å². The van der Waals surface area contributed by atoms with Crippen LogP contribution in [-0.4, -0.2) is 22.2 Å². The van der Waals surface area contributed by atoms with Crippen molar-refractivity contribution in [1.29, 1.82) is 0 Å². The molecule has 0 unspecified atom stereocenters. The van der Waals surface area contributed by atoms with Gasteiger partial charge in [-0.05, 0) is 25.8 Å². The quantitative estimate of drug-likeness (QED) is 0.587. The number of nitrogens with zero attached hydrogens (tertiary/aromatic N) is 2. The Labute approximate surface area is 96.3 Å². The average molecular weight is 221 g/mol. The maximum Gasteiger partial charge on any atom is 0.246 e. The van der Waals surface area contributed by atoms with Gasteiger partial charge in [0, 0.05) is 31.1 Å². The molecule has 0 aliphatic carbocycles. The van der Waals surface area contributed by atoms with Crippen molar-refractivity contribution in [1.82, 2.24) is 15.1 Å². The molecule has 1 aromatic heterocycles. The van der Waals surface area contributed by atoms with E-state index in [1.54, 1.807) is 6.20 Å². The van der Waals surface area contributed by atoms with Crippen molar-refractivity contribution >= 4 is 5.91 Å². The molecule has 1 amide bonds. The van der Waals surface area contributed by atoms with Crippen LogP contribution in [-0.2, 0) is 11.3 Å². The van der Waals surface area contributed by atoms with Crippen molar-refractivity contribution in [3.8, 4) is 0 Å². The van der Waals surface area contributed by atoms with Crippen LogP contribution in [0.25, 0.3) is 0 Å². The molecular formula is C12H19N3O. The molecule has 0 aliphatic rings. The third kappa shape index (κ3) is 4.29. The van der Waals surface area contributed by atoms with Gasteiger partial charge in [0.2, 0.25) is 5.91 Å². The molecule has 0 aromatic carbocycles. The first-order valence-electron chi connectivity index (χ1n) is 5.66. The molecule has 1 N–H and O–H groups in total. The monoisotopic (exact) mass is 221 g/mol. The lowest BCUT2D eigenvalue weighted by atomic mass is 10.2. The summed E-state index contributed by atoms with van der Waals surface area (Å²) in [6, 6.07) is 1.90. The van der Waals surface area contributed by atoms with Gasteiger partial charge in [-0.15, -0.1) is 0 Å². The van der Waals surface area contributed by atoms with Crippen LogP contribution in [0.1, 0.15) is 26.7 Å². The summed E-state index contributed by atoms with van der Waals surface area (Å²) in [6.45, 7) is 5.39. The van der Waals surface area contributed by atoms with Gasteiger partial charge in [-0.1, -0.05) is 13.0 Å². The highest BCUT2D eigenvalue weighted by molar-refractivity contribution is 5.92. The maximum atomic E-state index is 11.5. The third-order valence-electron chi connectivity index (χ3n) is 2.28. The van der Waals surface area contributed by atoms with Crippen LogP contribution in [0.2, 0.25) is 0 Å². The standard InChI is InChI=1S/C12H19N3O/c1-3-6-11(2)12(16)13-7-4-9-15-10-5-8-14-15/h5-6,8,10H,3-4,7,9H2,1-2H3,(H,13,16). The van der Waals surface area contributed by atoms with E-state index in [2.05, 4.69) is 10.4 Å². The number of aryl methyl sites for hydroxylation is 1. The number of rotatable bonds is 6. The number of allylic oxidation sites excluding steroid dienone is 1. The summed E-state index contributed by atoms with van der Waals surface area (Å²) < 4.78 is 1.86. The summed E-state index contributed by atoms with van der Waals surface area (Å²) >= 11 is 0. The Hall–Kier alpha value is -1.58. The van der Waals surface area contributed by atoms with Crippen LogP contribution in [0.4, 0.5) is 0 Å². The maximum absolute atomic E-state index is 11.5. The number of nitrogens with one attached hydrogen (secondary N) is 1. The Kier molecular flexibility index (Phi) is 5.32. The summed E-state index contributed by atoms with van der Waals surface area (Å²) in [6.07, 6.45) is 7.40. The molecule has 16 heavy (non-hydrogen) atoms. The minimum atomic E-state index is 0.0299. The zero-order chi connectivity index (χ0) is 11.8. The Morgan fingerprint density at radius 2 is 2.38 bits per heavy atom. The van der Waals surface area contributed by atoms with Crippen molar-refractivity contribution in [3.63, 3.8) is 0 Å². The Morgan fingerprint density at radius 1 is 1.56 bits per heavy atom. The molecule has 0 fully saturated rings. The zero-order valence-corrected chi connectivity index (χ0v) is 9.94. The highest BCUT2D eigenvalue weighted by atomic mass is 16.1. The molecule has 4 nitrogen and oxygen atoms in total. The lowest BCUT2D eigenvalue weighted by Gasteiger charge is -2.05. The van der Waals surface area contributed by atoms with Crippen LogP contribution in [0.5, 0.6) is 0 Å². The molecule has 0 spiro atoms. The number of aromatic nitrogens is 2. The molecule has 0 saturated carbocycles. The van der Waals surface area contributed by atoms with E-state index in [1.165, 1.54) is 0 Å². The summed E-state index contributed by atoms with van der Waals surface area (Å²) in [7, 11) is 0. The second-order valence-corrected chi connectivity index (χ2v) is 3.67. The predicted octanol–water partition coefficient (Wildman–Crippen LogP) is 1.75. The average Bonchev–Trinajstić information content (AvgIpc) is 2.77. The van der Waals surface area contributed by atoms with Crippen molar-refractivity contribution in [2.45, 2.75) is 33.2 Å². The minimum Gasteiger partial charge on any atom is -0.352 e. The summed E-state index contributed by atoms with van der Waals surface area (Å²) in [4.78, 5) is 11.5. The number of carbonyl (C=O) groups excluding carboxylic acids is 1. The van der Waals surface area contributed by atoms with Crippen LogP contribution >= 0.6 is 0 Å². The van der Waals surface area contributed by atoms with Gasteiger partial charge in [-0.25, -0.2) is 0 Å². The van der Waals surface area contributed by atoms with Gasteiger partial charge in [0.1, 0.15) is 0 Å². The fourth-order valence-electron chi connectivity index (χ4n) is 1.41. The van der Waals surface area contributed by atoms with Crippen LogP contribution < -0.4 is 5.32 Å². The number of hydrogen-bond acceptors (Lipinski definition) is 2. The lowest BCUT2D eigenvalue weighted by molar-refractivity contribution is -0.117. The van der Waals surface area contributed by atoms with E-state index in [1.807, 2.05) is 36.9 Å². The van der Waals surface area contributed by atoms with Crippen molar-refractivity contribution < 1.29 is 4.79 Å². The first-order valence-corrected chi connectivity index (χ1v) is 5.66. The van der Waals surface area contributed by atoms with Crippen molar-refractivity contribution in [3.05, 3.63) is 30.1 Å². The number of carbonyl (C=O) groups is 1. The van der Waals surface area contributed by atoms with Crippen LogP contribution in [0.15, 0.2) is 30.1 Å². The van der Waals surface area contributed by atoms with Gasteiger partial charge in [0.15, 0.2) is 0 Å². The highest BCUT2D eigenvalue weighted by Gasteiger charge is 2.01. The largest absolute Gasteiger partial charge is 0.352 e. The van der Waals surface area contributed by atoms with E-state index in [0.717, 1.165) is 25.0 Å². The lowest BCUT2D eigenvalue weighted by Crippen LogP contribution is -2.25. The fraction of sp³-hybridized carbons (Fsp3) is 0.500. The fourth-order valence-corrected chi connectivity index (χ4v) is 1.41. The molecule has 88 valence electrons. The molecule has 0 aliphatic heterocycles. The summed E-state index contributed by atoms with van der Waals surface area (Å²) in [5, 5.41) is 6.97. The van der Waals surface area contributed by atoms with Gasteiger partial charge in [-0.3, -0.25) is 9.48 Å². The Balaban J connectivity index is 2.16. The van der Waals surface area contributed by atoms with E-state index in [4.69, 9.17) is 0 Å². The number of amides is 1. The van der Waals surface area contributed by atoms with Gasteiger partial charge in [0.25, 0.3) is 0 Å². The first-order chi connectivity index (χ1) is 7.74. The van der Waals surface area contributed by atoms with E-state index in [-0.39, 0.29) is 5.91 Å². The van der Waals surface area contributed by atoms with E-state index in [0.29, 0.717) is 6.54 Å².